The summed E-state index contributed by atoms with van der Waals surface area (Å²) in [6.07, 6.45) is 1.43. The van der Waals surface area contributed by atoms with E-state index in [1.54, 1.807) is 19.1 Å². The zero-order valence-corrected chi connectivity index (χ0v) is 18.4. The molecule has 1 aromatic rings. The number of nitrogens with zero attached hydrogens (tertiary/aromatic N) is 2. The Hall–Kier alpha value is -2.90. The Morgan fingerprint density at radius 3 is 2.29 bits per heavy atom. The first kappa shape index (κ1) is 22.8. The topological polar surface area (TPSA) is 44.8 Å². The van der Waals surface area contributed by atoms with Crippen molar-refractivity contribution in [3.05, 3.63) is 70.8 Å². The van der Waals surface area contributed by atoms with Crippen molar-refractivity contribution >= 4 is 5.97 Å². The predicted octanol–water partition coefficient (Wildman–Crippen LogP) is 5.07. The minimum atomic E-state index is -4.38. The lowest BCUT2D eigenvalue weighted by Crippen LogP contribution is -2.56. The van der Waals surface area contributed by atoms with E-state index in [1.807, 2.05) is 31.2 Å². The maximum Gasteiger partial charge on any atom is 0.432 e. The third-order valence-corrected chi connectivity index (χ3v) is 5.80. The average molecular weight is 435 g/mol. The van der Waals surface area contributed by atoms with Crippen LogP contribution in [0.2, 0.25) is 0 Å². The maximum atomic E-state index is 12.8. The number of hydrogen-bond acceptors (Lipinski definition) is 5. The molecule has 3 rings (SSSR count). The second kappa shape index (κ2) is 8.32. The number of likely N-dealkylation sites (tertiary alicyclic amines) is 1. The van der Waals surface area contributed by atoms with Gasteiger partial charge in [0.1, 0.15) is 5.70 Å². The summed E-state index contributed by atoms with van der Waals surface area (Å²) in [5, 5.41) is 2.38. The summed E-state index contributed by atoms with van der Waals surface area (Å²) >= 11 is 0. The Labute approximate surface area is 180 Å². The number of rotatable bonds is 5. The summed E-state index contributed by atoms with van der Waals surface area (Å²) in [6.45, 7) is 8.19. The Kier molecular flexibility index (Phi) is 6.11. The molecule has 168 valence electrons. The van der Waals surface area contributed by atoms with Gasteiger partial charge >= 0.3 is 12.1 Å². The quantitative estimate of drug-likeness (QED) is 0.517. The van der Waals surface area contributed by atoms with E-state index in [9.17, 15) is 18.0 Å². The first-order valence-corrected chi connectivity index (χ1v) is 10.1. The number of ether oxygens (including phenoxy) is 1. The maximum absolute atomic E-state index is 12.8. The van der Waals surface area contributed by atoms with Gasteiger partial charge in [-0.25, -0.2) is 4.79 Å². The molecule has 0 aromatic heterocycles. The summed E-state index contributed by atoms with van der Waals surface area (Å²) in [6, 6.07) is 7.56. The molecule has 1 atom stereocenters. The van der Waals surface area contributed by atoms with Gasteiger partial charge in [0.05, 0.1) is 25.4 Å². The van der Waals surface area contributed by atoms with E-state index in [2.05, 4.69) is 24.1 Å². The van der Waals surface area contributed by atoms with Crippen LogP contribution in [0.5, 0.6) is 0 Å². The standard InChI is InChI=1S/C23H28F3N3O2/c1-15(28-13-20(27-14-28)23(24,25)26)6-7-16(2)29-19(12-22(29,3)4)17-8-10-18(11-9-17)21(30)31-5/h6-11,13,19,27H,12,14H2,1-5H3/b15-6+,16-7+. The van der Waals surface area contributed by atoms with E-state index < -0.39 is 11.9 Å². The fraction of sp³-hybridized carbons (Fsp3) is 0.435. The first-order chi connectivity index (χ1) is 14.4. The molecule has 0 bridgehead atoms. The molecule has 1 saturated heterocycles. The number of esters is 1. The van der Waals surface area contributed by atoms with Gasteiger partial charge in [0, 0.05) is 23.1 Å². The van der Waals surface area contributed by atoms with Gasteiger partial charge in [-0.15, -0.1) is 0 Å². The number of nitrogens with one attached hydrogen (secondary N) is 1. The van der Waals surface area contributed by atoms with Crippen molar-refractivity contribution in [2.75, 3.05) is 13.8 Å². The number of alkyl halides is 3. The number of halogens is 3. The highest BCUT2D eigenvalue weighted by Crippen LogP contribution is 2.48. The third kappa shape index (κ3) is 4.73. The van der Waals surface area contributed by atoms with Crippen molar-refractivity contribution in [3.8, 4) is 0 Å². The summed E-state index contributed by atoms with van der Waals surface area (Å²) in [4.78, 5) is 15.5. The molecule has 0 spiro atoms. The molecule has 1 unspecified atom stereocenters. The molecule has 0 radical (unpaired) electrons. The van der Waals surface area contributed by atoms with Crippen molar-refractivity contribution in [3.63, 3.8) is 0 Å². The molecule has 2 aliphatic rings. The number of hydrogen-bond donors (Lipinski definition) is 1. The van der Waals surface area contributed by atoms with Gasteiger partial charge in [-0.05, 0) is 64.0 Å². The lowest BCUT2D eigenvalue weighted by Gasteiger charge is -2.57. The number of carbonyl (C=O) groups excluding carboxylic acids is 1. The van der Waals surface area contributed by atoms with Crippen molar-refractivity contribution < 1.29 is 22.7 Å². The molecule has 0 saturated carbocycles. The largest absolute Gasteiger partial charge is 0.465 e. The molecule has 1 N–H and O–H groups in total. The smallest absolute Gasteiger partial charge is 0.432 e. The van der Waals surface area contributed by atoms with Gasteiger partial charge < -0.3 is 19.9 Å². The molecule has 1 aromatic carbocycles. The monoisotopic (exact) mass is 435 g/mol. The van der Waals surface area contributed by atoms with Crippen LogP contribution in [0.4, 0.5) is 13.2 Å². The van der Waals surface area contributed by atoms with Gasteiger partial charge in [-0.3, -0.25) is 0 Å². The molecule has 31 heavy (non-hydrogen) atoms. The Morgan fingerprint density at radius 1 is 1.16 bits per heavy atom. The van der Waals surface area contributed by atoms with Gasteiger partial charge in [-0.1, -0.05) is 12.1 Å². The fourth-order valence-corrected chi connectivity index (χ4v) is 4.16. The molecule has 1 fully saturated rings. The van der Waals surface area contributed by atoms with E-state index >= 15 is 0 Å². The van der Waals surface area contributed by atoms with Crippen LogP contribution in [0.25, 0.3) is 0 Å². The van der Waals surface area contributed by atoms with Gasteiger partial charge in [0.25, 0.3) is 0 Å². The van der Waals surface area contributed by atoms with E-state index in [0.29, 0.717) is 11.3 Å². The Bertz CT molecular complexity index is 930. The molecule has 5 nitrogen and oxygen atoms in total. The number of benzene rings is 1. The van der Waals surface area contributed by atoms with Crippen molar-refractivity contribution in [2.24, 2.45) is 0 Å². The summed E-state index contributed by atoms with van der Waals surface area (Å²) in [5.41, 5.74) is 2.55. The van der Waals surface area contributed by atoms with Crippen LogP contribution in [0.3, 0.4) is 0 Å². The van der Waals surface area contributed by atoms with Crippen molar-refractivity contribution in [1.29, 1.82) is 0 Å². The first-order valence-electron chi connectivity index (χ1n) is 10.1. The van der Waals surface area contributed by atoms with Gasteiger partial charge in [0.2, 0.25) is 0 Å². The fourth-order valence-electron chi connectivity index (χ4n) is 4.16. The van der Waals surface area contributed by atoms with Crippen LogP contribution >= 0.6 is 0 Å². The van der Waals surface area contributed by atoms with E-state index in [1.165, 1.54) is 12.0 Å². The van der Waals surface area contributed by atoms with Gasteiger partial charge in [-0.2, -0.15) is 13.2 Å². The average Bonchev–Trinajstić information content (AvgIpc) is 3.21. The molecule has 0 aliphatic carbocycles. The van der Waals surface area contributed by atoms with Crippen LogP contribution in [-0.4, -0.2) is 41.3 Å². The Balaban J connectivity index is 1.76. The third-order valence-electron chi connectivity index (χ3n) is 5.80. The van der Waals surface area contributed by atoms with Crippen LogP contribution in [0.15, 0.2) is 59.7 Å². The van der Waals surface area contributed by atoms with Crippen molar-refractivity contribution in [2.45, 2.75) is 51.9 Å². The summed E-state index contributed by atoms with van der Waals surface area (Å²) in [5.74, 6) is -0.367. The second-order valence-electron chi connectivity index (χ2n) is 8.48. The highest BCUT2D eigenvalue weighted by Gasteiger charge is 2.45. The number of methoxy groups -OCH3 is 1. The van der Waals surface area contributed by atoms with Crippen LogP contribution in [-0.2, 0) is 4.74 Å². The highest BCUT2D eigenvalue weighted by molar-refractivity contribution is 5.89. The SMILES string of the molecule is COC(=O)c1ccc(C2CC(C)(C)N2/C(C)=C/C=C(\C)N2C=C(C(F)(F)F)NC2)cc1. The number of allylic oxidation sites excluding steroid dienone is 5. The van der Waals surface area contributed by atoms with E-state index in [0.717, 1.165) is 23.9 Å². The lowest BCUT2D eigenvalue weighted by atomic mass is 9.77. The zero-order valence-electron chi connectivity index (χ0n) is 18.4. The van der Waals surface area contributed by atoms with Crippen LogP contribution in [0, 0.1) is 0 Å². The van der Waals surface area contributed by atoms with Crippen molar-refractivity contribution in [1.82, 2.24) is 15.1 Å². The molecular formula is C23H28F3N3O2. The molecular weight excluding hydrogens is 407 g/mol. The normalized spacial score (nSPS) is 21.4. The Morgan fingerprint density at radius 2 is 1.77 bits per heavy atom. The van der Waals surface area contributed by atoms with E-state index in [-0.39, 0.29) is 24.2 Å². The molecule has 8 heteroatoms. The predicted molar refractivity (Wildman–Crippen MR) is 113 cm³/mol. The second-order valence-corrected chi connectivity index (χ2v) is 8.48. The van der Waals surface area contributed by atoms with Crippen LogP contribution in [0.1, 0.15) is 56.1 Å². The highest BCUT2D eigenvalue weighted by atomic mass is 19.4. The lowest BCUT2D eigenvalue weighted by molar-refractivity contribution is -0.0955. The minimum Gasteiger partial charge on any atom is -0.465 e. The molecule has 2 heterocycles. The minimum absolute atomic E-state index is 0.0490. The zero-order chi connectivity index (χ0) is 23.0. The number of carbonyl (C=O) groups is 1. The van der Waals surface area contributed by atoms with Crippen LogP contribution < -0.4 is 5.32 Å². The summed E-state index contributed by atoms with van der Waals surface area (Å²) in [7, 11) is 1.36. The molecule has 0 amide bonds. The van der Waals surface area contributed by atoms with E-state index in [4.69, 9.17) is 4.74 Å². The molecule has 2 aliphatic heterocycles. The summed E-state index contributed by atoms with van der Waals surface area (Å²) < 4.78 is 43.2. The van der Waals surface area contributed by atoms with Gasteiger partial charge in [0.15, 0.2) is 0 Å².